The summed E-state index contributed by atoms with van der Waals surface area (Å²) in [5, 5.41) is 0. The van der Waals surface area contributed by atoms with Crippen LogP contribution in [0.3, 0.4) is 0 Å². The highest BCUT2D eigenvalue weighted by molar-refractivity contribution is 7.00. The van der Waals surface area contributed by atoms with Gasteiger partial charge in [0.15, 0.2) is 0 Å². The number of hydrogen-bond acceptors (Lipinski definition) is 5. The Labute approximate surface area is 84.8 Å². The molecule has 1 aromatic carbocycles. The molecule has 0 aliphatic rings. The van der Waals surface area contributed by atoms with Crippen molar-refractivity contribution in [2.75, 3.05) is 6.61 Å². The Hall–Kier alpha value is -1.49. The minimum atomic E-state index is -0.317. The largest absolute Gasteiger partial charge is 0.462 e. The van der Waals surface area contributed by atoms with E-state index in [2.05, 4.69) is 8.75 Å². The van der Waals surface area contributed by atoms with Gasteiger partial charge >= 0.3 is 5.97 Å². The van der Waals surface area contributed by atoms with Crippen molar-refractivity contribution >= 4 is 28.7 Å². The van der Waals surface area contributed by atoms with E-state index in [9.17, 15) is 4.79 Å². The van der Waals surface area contributed by atoms with E-state index in [0.717, 1.165) is 22.8 Å². The summed E-state index contributed by atoms with van der Waals surface area (Å²) in [6.45, 7) is 2.16. The molecule has 0 aliphatic heterocycles. The molecular weight excluding hydrogens is 200 g/mol. The molecule has 72 valence electrons. The fourth-order valence-corrected chi connectivity index (χ4v) is 1.64. The average Bonchev–Trinajstić information content (AvgIpc) is 2.64. The second kappa shape index (κ2) is 3.71. The molecule has 0 N–H and O–H groups in total. The van der Waals surface area contributed by atoms with Crippen molar-refractivity contribution in [3.63, 3.8) is 0 Å². The Kier molecular flexibility index (Phi) is 2.41. The third-order valence-electron chi connectivity index (χ3n) is 1.76. The van der Waals surface area contributed by atoms with E-state index < -0.39 is 0 Å². The number of aromatic nitrogens is 2. The van der Waals surface area contributed by atoms with Crippen molar-refractivity contribution in [3.8, 4) is 0 Å². The lowest BCUT2D eigenvalue weighted by molar-refractivity contribution is 0.0526. The average molecular weight is 208 g/mol. The fourth-order valence-electron chi connectivity index (χ4n) is 1.12. The number of fused-ring (bicyclic) bond motifs is 1. The molecule has 2 aromatic rings. The van der Waals surface area contributed by atoms with Gasteiger partial charge in [-0.2, -0.15) is 8.75 Å². The summed E-state index contributed by atoms with van der Waals surface area (Å²) in [4.78, 5) is 11.3. The van der Waals surface area contributed by atoms with Crippen molar-refractivity contribution in [1.29, 1.82) is 0 Å². The number of benzene rings is 1. The van der Waals surface area contributed by atoms with Crippen molar-refractivity contribution in [3.05, 3.63) is 23.8 Å². The molecule has 0 saturated heterocycles. The number of hydrogen-bond donors (Lipinski definition) is 0. The quantitative estimate of drug-likeness (QED) is 0.707. The summed E-state index contributed by atoms with van der Waals surface area (Å²) in [6, 6.07) is 5.16. The summed E-state index contributed by atoms with van der Waals surface area (Å²) in [7, 11) is 0. The van der Waals surface area contributed by atoms with Gasteiger partial charge in [-0.1, -0.05) is 0 Å². The highest BCUT2D eigenvalue weighted by Crippen LogP contribution is 2.14. The van der Waals surface area contributed by atoms with Gasteiger partial charge in [-0.05, 0) is 25.1 Å². The van der Waals surface area contributed by atoms with E-state index >= 15 is 0 Å². The number of nitrogens with zero attached hydrogens (tertiary/aromatic N) is 2. The molecule has 0 fully saturated rings. The van der Waals surface area contributed by atoms with Crippen LogP contribution >= 0.6 is 11.7 Å². The number of carbonyl (C=O) groups is 1. The Morgan fingerprint density at radius 1 is 1.43 bits per heavy atom. The molecular formula is C9H8N2O2S. The van der Waals surface area contributed by atoms with E-state index in [1.54, 1.807) is 25.1 Å². The molecule has 1 aromatic heterocycles. The van der Waals surface area contributed by atoms with Crippen molar-refractivity contribution in [1.82, 2.24) is 8.75 Å². The summed E-state index contributed by atoms with van der Waals surface area (Å²) in [6.07, 6.45) is 0. The van der Waals surface area contributed by atoms with Crippen LogP contribution in [0.4, 0.5) is 0 Å². The maximum Gasteiger partial charge on any atom is 0.338 e. The zero-order chi connectivity index (χ0) is 9.97. The molecule has 14 heavy (non-hydrogen) atoms. The second-order valence-corrected chi connectivity index (χ2v) is 3.22. The highest BCUT2D eigenvalue weighted by atomic mass is 32.1. The first-order valence-corrected chi connectivity index (χ1v) is 4.93. The highest BCUT2D eigenvalue weighted by Gasteiger charge is 2.08. The molecule has 0 radical (unpaired) electrons. The van der Waals surface area contributed by atoms with Crippen molar-refractivity contribution < 1.29 is 9.53 Å². The standard InChI is InChI=1S/C9H8N2O2S/c1-2-13-9(12)6-3-4-7-8(5-6)11-14-10-7/h3-5H,2H2,1H3. The number of ether oxygens (including phenoxy) is 1. The van der Waals surface area contributed by atoms with E-state index in [-0.39, 0.29) is 5.97 Å². The lowest BCUT2D eigenvalue weighted by atomic mass is 10.2. The second-order valence-electron chi connectivity index (χ2n) is 2.69. The van der Waals surface area contributed by atoms with Crippen LogP contribution < -0.4 is 0 Å². The molecule has 2 rings (SSSR count). The summed E-state index contributed by atoms with van der Waals surface area (Å²) in [5.74, 6) is -0.317. The first kappa shape index (κ1) is 9.08. The van der Waals surface area contributed by atoms with Gasteiger partial charge < -0.3 is 4.74 Å². The fraction of sp³-hybridized carbons (Fsp3) is 0.222. The lowest BCUT2D eigenvalue weighted by Crippen LogP contribution is -2.04. The molecule has 0 atom stereocenters. The van der Waals surface area contributed by atoms with Crippen molar-refractivity contribution in [2.24, 2.45) is 0 Å². The van der Waals surface area contributed by atoms with Gasteiger partial charge in [0.2, 0.25) is 0 Å². The van der Waals surface area contributed by atoms with E-state index in [0.29, 0.717) is 12.2 Å². The molecule has 0 amide bonds. The summed E-state index contributed by atoms with van der Waals surface area (Å²) in [5.41, 5.74) is 2.07. The molecule has 5 heteroatoms. The third kappa shape index (κ3) is 1.58. The maximum absolute atomic E-state index is 11.3. The molecule has 4 nitrogen and oxygen atoms in total. The first-order valence-electron chi connectivity index (χ1n) is 4.20. The Balaban J connectivity index is 2.38. The molecule has 0 aliphatic carbocycles. The van der Waals surface area contributed by atoms with E-state index in [4.69, 9.17) is 4.74 Å². The van der Waals surface area contributed by atoms with Crippen LogP contribution in [0.2, 0.25) is 0 Å². The van der Waals surface area contributed by atoms with Gasteiger partial charge in [0.1, 0.15) is 11.0 Å². The SMILES string of the molecule is CCOC(=O)c1ccc2nsnc2c1. The molecule has 0 unspecified atom stereocenters. The van der Waals surface area contributed by atoms with Crippen LogP contribution in [0.15, 0.2) is 18.2 Å². The van der Waals surface area contributed by atoms with Gasteiger partial charge in [0, 0.05) is 0 Å². The Morgan fingerprint density at radius 2 is 2.21 bits per heavy atom. The topological polar surface area (TPSA) is 52.1 Å². The van der Waals surface area contributed by atoms with Gasteiger partial charge in [-0.15, -0.1) is 0 Å². The summed E-state index contributed by atoms with van der Waals surface area (Å²) >= 11 is 1.13. The molecule has 0 spiro atoms. The predicted octanol–water partition coefficient (Wildman–Crippen LogP) is 1.87. The van der Waals surface area contributed by atoms with Crippen LogP contribution in [-0.2, 0) is 4.74 Å². The summed E-state index contributed by atoms with van der Waals surface area (Å²) < 4.78 is 13.0. The Bertz CT molecular complexity index is 467. The van der Waals surface area contributed by atoms with Crippen LogP contribution in [-0.4, -0.2) is 21.3 Å². The normalized spacial score (nSPS) is 10.4. The zero-order valence-corrected chi connectivity index (χ0v) is 8.37. The van der Waals surface area contributed by atoms with Crippen LogP contribution in [0.25, 0.3) is 11.0 Å². The number of carbonyl (C=O) groups excluding carboxylic acids is 1. The third-order valence-corrected chi connectivity index (χ3v) is 2.32. The molecule has 1 heterocycles. The minimum Gasteiger partial charge on any atom is -0.462 e. The minimum absolute atomic E-state index is 0.317. The number of rotatable bonds is 2. The van der Waals surface area contributed by atoms with Gasteiger partial charge in [0.25, 0.3) is 0 Å². The van der Waals surface area contributed by atoms with Gasteiger partial charge in [0.05, 0.1) is 23.9 Å². The van der Waals surface area contributed by atoms with Gasteiger partial charge in [-0.3, -0.25) is 0 Å². The zero-order valence-electron chi connectivity index (χ0n) is 7.56. The lowest BCUT2D eigenvalue weighted by Gasteiger charge is -2.00. The Morgan fingerprint density at radius 3 is 3.00 bits per heavy atom. The van der Waals surface area contributed by atoms with Gasteiger partial charge in [-0.25, -0.2) is 4.79 Å². The van der Waals surface area contributed by atoms with Crippen LogP contribution in [0, 0.1) is 0 Å². The monoisotopic (exact) mass is 208 g/mol. The predicted molar refractivity (Wildman–Crippen MR) is 53.4 cm³/mol. The first-order chi connectivity index (χ1) is 6.81. The molecule has 0 saturated carbocycles. The van der Waals surface area contributed by atoms with Crippen molar-refractivity contribution in [2.45, 2.75) is 6.92 Å². The van der Waals surface area contributed by atoms with E-state index in [1.807, 2.05) is 0 Å². The number of esters is 1. The van der Waals surface area contributed by atoms with Crippen LogP contribution in [0.5, 0.6) is 0 Å². The van der Waals surface area contributed by atoms with E-state index in [1.165, 1.54) is 0 Å². The smallest absolute Gasteiger partial charge is 0.338 e. The maximum atomic E-state index is 11.3. The molecule has 0 bridgehead atoms. The van der Waals surface area contributed by atoms with Crippen LogP contribution in [0.1, 0.15) is 17.3 Å².